The number of rotatable bonds is 6. The lowest BCUT2D eigenvalue weighted by Crippen LogP contribution is -2.57. The number of hydrogen-bond donors (Lipinski definition) is 2. The molecular weight excluding hydrogens is 550 g/mol. The van der Waals surface area contributed by atoms with Crippen LogP contribution in [0.25, 0.3) is 0 Å². The molecular formula is C37H61N3O4. The Labute approximate surface area is 266 Å². The van der Waals surface area contributed by atoms with E-state index in [1.165, 1.54) is 64.2 Å². The molecule has 44 heavy (non-hydrogen) atoms. The van der Waals surface area contributed by atoms with Crippen LogP contribution in [-0.4, -0.2) is 61.0 Å². The molecule has 7 rings (SSSR count). The number of nitrogens with zero attached hydrogens (tertiary/aromatic N) is 1. The highest BCUT2D eigenvalue weighted by Crippen LogP contribution is 2.71. The molecule has 0 aromatic heterocycles. The summed E-state index contributed by atoms with van der Waals surface area (Å²) in [5, 5.41) is 6.29. The molecule has 7 heteroatoms. The summed E-state index contributed by atoms with van der Waals surface area (Å²) < 4.78 is 13.5. The van der Waals surface area contributed by atoms with Crippen molar-refractivity contribution in [3.8, 4) is 0 Å². The first-order valence-electron chi connectivity index (χ1n) is 18.7. The van der Waals surface area contributed by atoms with Crippen LogP contribution in [0.15, 0.2) is 0 Å². The van der Waals surface area contributed by atoms with E-state index in [0.717, 1.165) is 62.9 Å². The number of carbonyl (C=O) groups excluding carboxylic acids is 2. The quantitative estimate of drug-likeness (QED) is 0.253. The fourth-order valence-electron chi connectivity index (χ4n) is 12.8. The van der Waals surface area contributed by atoms with Gasteiger partial charge >= 0.3 is 6.03 Å². The lowest BCUT2D eigenvalue weighted by Gasteiger charge is -2.61. The first kappa shape index (κ1) is 31.3. The van der Waals surface area contributed by atoms with E-state index in [-0.39, 0.29) is 17.9 Å². The number of hydrogen-bond acceptors (Lipinski definition) is 4. The van der Waals surface area contributed by atoms with E-state index in [9.17, 15) is 9.59 Å². The molecule has 2 saturated heterocycles. The average Bonchev–Trinajstić information content (AvgIpc) is 3.47. The second-order valence-corrected chi connectivity index (χ2v) is 17.2. The number of fused-ring (bicyclic) bond motifs is 7. The third-order valence-corrected chi connectivity index (χ3v) is 15.1. The summed E-state index contributed by atoms with van der Waals surface area (Å²) in [5.74, 6) is 4.54. The molecule has 248 valence electrons. The maximum atomic E-state index is 13.7. The van der Waals surface area contributed by atoms with Crippen molar-refractivity contribution in [3.63, 3.8) is 0 Å². The Morgan fingerprint density at radius 2 is 1.70 bits per heavy atom. The van der Waals surface area contributed by atoms with Gasteiger partial charge < -0.3 is 25.0 Å². The fraction of sp³-hybridized carbons (Fsp3) is 0.946. The van der Waals surface area contributed by atoms with E-state index < -0.39 is 0 Å². The molecule has 2 heterocycles. The topological polar surface area (TPSA) is 79.9 Å². The fourth-order valence-corrected chi connectivity index (χ4v) is 12.8. The van der Waals surface area contributed by atoms with Crippen LogP contribution in [0.2, 0.25) is 0 Å². The summed E-state index contributed by atoms with van der Waals surface area (Å²) >= 11 is 0. The van der Waals surface area contributed by atoms with Crippen molar-refractivity contribution in [1.82, 2.24) is 15.5 Å². The lowest BCUT2D eigenvalue weighted by atomic mass is 9.44. The van der Waals surface area contributed by atoms with E-state index in [1.807, 2.05) is 4.90 Å². The predicted molar refractivity (Wildman–Crippen MR) is 172 cm³/mol. The minimum atomic E-state index is -0.323. The van der Waals surface area contributed by atoms with Gasteiger partial charge in [0.05, 0.1) is 12.7 Å². The second kappa shape index (κ2) is 12.0. The molecule has 7 nitrogen and oxygen atoms in total. The standard InChI is InChI=1S/C37H61N3O4/c1-24-12-17-37(43-22-24)25(2)33-32(44-37)21-31-29-11-10-26-20-27(13-15-35(26,3)30(29)14-16-36(31,33)4)39-34(42)40(19-18-38-23-41)28-8-6-5-7-9-28/h23-33H,5-22H2,1-4H3,(H,38,41)(H,39,42)/t24-,25-,26+,27+,29+,30-,31-,32-,33-,35-,36-,37+/m0/s1. The Hall–Kier alpha value is -1.34. The van der Waals surface area contributed by atoms with Gasteiger partial charge in [-0.1, -0.05) is 47.0 Å². The smallest absolute Gasteiger partial charge is 0.317 e. The number of carbonyl (C=O) groups is 2. The van der Waals surface area contributed by atoms with Gasteiger partial charge in [0.15, 0.2) is 5.79 Å². The molecule has 12 atom stereocenters. The molecule has 5 aliphatic carbocycles. The molecule has 1 spiro atoms. The van der Waals surface area contributed by atoms with Crippen LogP contribution < -0.4 is 10.6 Å². The Bertz CT molecular complexity index is 1060. The first-order valence-corrected chi connectivity index (χ1v) is 18.7. The van der Waals surface area contributed by atoms with E-state index >= 15 is 0 Å². The highest BCUT2D eigenvalue weighted by molar-refractivity contribution is 5.75. The van der Waals surface area contributed by atoms with E-state index in [1.54, 1.807) is 0 Å². The van der Waals surface area contributed by atoms with Gasteiger partial charge in [-0.15, -0.1) is 0 Å². The highest BCUT2D eigenvalue weighted by Gasteiger charge is 2.69. The summed E-state index contributed by atoms with van der Waals surface area (Å²) in [6.07, 6.45) is 19.3. The van der Waals surface area contributed by atoms with Gasteiger partial charge in [0.25, 0.3) is 0 Å². The molecule has 3 amide bonds. The normalized spacial score (nSPS) is 48.5. The van der Waals surface area contributed by atoms with Gasteiger partial charge in [-0.25, -0.2) is 4.79 Å². The van der Waals surface area contributed by atoms with E-state index in [0.29, 0.717) is 59.7 Å². The van der Waals surface area contributed by atoms with Crippen molar-refractivity contribution < 1.29 is 19.1 Å². The van der Waals surface area contributed by atoms with Gasteiger partial charge in [-0.2, -0.15) is 0 Å². The minimum absolute atomic E-state index is 0.0983. The van der Waals surface area contributed by atoms with Crippen LogP contribution in [0.3, 0.4) is 0 Å². The zero-order valence-electron chi connectivity index (χ0n) is 28.2. The minimum Gasteiger partial charge on any atom is -0.357 e. The molecule has 0 aromatic carbocycles. The van der Waals surface area contributed by atoms with Crippen LogP contribution in [0.4, 0.5) is 4.79 Å². The van der Waals surface area contributed by atoms with Crippen LogP contribution in [0, 0.1) is 52.3 Å². The van der Waals surface area contributed by atoms with Crippen LogP contribution in [0.1, 0.15) is 124 Å². The van der Waals surface area contributed by atoms with Gasteiger partial charge in [0.2, 0.25) is 6.41 Å². The van der Waals surface area contributed by atoms with Crippen molar-refractivity contribution in [2.75, 3.05) is 19.7 Å². The molecule has 2 aliphatic heterocycles. The molecule has 0 radical (unpaired) electrons. The molecule has 0 unspecified atom stereocenters. The van der Waals surface area contributed by atoms with Gasteiger partial charge in [-0.3, -0.25) is 4.79 Å². The largest absolute Gasteiger partial charge is 0.357 e. The van der Waals surface area contributed by atoms with Crippen LogP contribution in [-0.2, 0) is 14.3 Å². The molecule has 7 fully saturated rings. The number of nitrogens with one attached hydrogen (secondary N) is 2. The maximum Gasteiger partial charge on any atom is 0.317 e. The van der Waals surface area contributed by atoms with E-state index in [4.69, 9.17) is 9.47 Å². The van der Waals surface area contributed by atoms with Gasteiger partial charge in [0, 0.05) is 37.5 Å². The molecule has 0 bridgehead atoms. The van der Waals surface area contributed by atoms with Crippen LogP contribution in [0.5, 0.6) is 0 Å². The molecule has 0 aromatic rings. The molecule has 2 N–H and O–H groups in total. The molecule has 5 saturated carbocycles. The zero-order chi connectivity index (χ0) is 30.7. The van der Waals surface area contributed by atoms with Gasteiger partial charge in [-0.05, 0) is 117 Å². The van der Waals surface area contributed by atoms with Crippen molar-refractivity contribution in [3.05, 3.63) is 0 Å². The summed E-state index contributed by atoms with van der Waals surface area (Å²) in [4.78, 5) is 26.6. The third kappa shape index (κ3) is 5.13. The number of ether oxygens (including phenoxy) is 2. The summed E-state index contributed by atoms with van der Waals surface area (Å²) in [6.45, 7) is 12.0. The lowest BCUT2D eigenvalue weighted by molar-refractivity contribution is -0.273. The number of amides is 3. The Morgan fingerprint density at radius 3 is 2.45 bits per heavy atom. The summed E-state index contributed by atoms with van der Waals surface area (Å²) in [6, 6.07) is 0.672. The van der Waals surface area contributed by atoms with E-state index in [2.05, 4.69) is 38.3 Å². The SMILES string of the molecule is C[C@H]1CC[C@@]2(OC1)O[C@H]1C[C@H]3[C@@H]4CC[C@@H]5C[C@H](NC(=O)N(CCNC=O)C6CCCCC6)CC[C@]5(C)[C@H]4CC[C@]3(C)[C@H]1[C@@H]2C. The Morgan fingerprint density at radius 1 is 0.909 bits per heavy atom. The monoisotopic (exact) mass is 611 g/mol. The Kier molecular flexibility index (Phi) is 8.55. The van der Waals surface area contributed by atoms with Crippen molar-refractivity contribution in [2.24, 2.45) is 52.3 Å². The average molecular weight is 612 g/mol. The van der Waals surface area contributed by atoms with Gasteiger partial charge in [0.1, 0.15) is 0 Å². The second-order valence-electron chi connectivity index (χ2n) is 17.2. The summed E-state index contributed by atoms with van der Waals surface area (Å²) in [5.41, 5.74) is 0.757. The third-order valence-electron chi connectivity index (χ3n) is 15.1. The predicted octanol–water partition coefficient (Wildman–Crippen LogP) is 6.89. The van der Waals surface area contributed by atoms with Crippen molar-refractivity contribution in [1.29, 1.82) is 0 Å². The molecule has 7 aliphatic rings. The van der Waals surface area contributed by atoms with Crippen molar-refractivity contribution in [2.45, 2.75) is 148 Å². The van der Waals surface area contributed by atoms with Crippen LogP contribution >= 0.6 is 0 Å². The summed E-state index contributed by atoms with van der Waals surface area (Å²) in [7, 11) is 0. The maximum absolute atomic E-state index is 13.7. The first-order chi connectivity index (χ1) is 21.2. The Balaban J connectivity index is 0.998. The van der Waals surface area contributed by atoms with Crippen molar-refractivity contribution >= 4 is 12.4 Å². The highest BCUT2D eigenvalue weighted by atomic mass is 16.7. The number of urea groups is 1. The zero-order valence-corrected chi connectivity index (χ0v) is 28.2.